The molecule has 0 fully saturated rings. The monoisotopic (exact) mass is 983 g/mol. The van der Waals surface area contributed by atoms with E-state index >= 15 is 0 Å². The maximum Gasteiger partial charge on any atom is 0.240 e. The van der Waals surface area contributed by atoms with Crippen LogP contribution in [-0.4, -0.2) is 24.1 Å². The number of fused-ring (bicyclic) bond motifs is 8. The molecule has 0 atom stereocenters. The second-order valence-corrected chi connectivity index (χ2v) is 20.3. The standard InChI is InChI=1S/C72H49N5/c1-47-54-36-18-22-40-60(54)71(50-28-10-4-11-29-50,51-30-12-5-13-31-51)62(47)45-66-48(2)55-37-20-24-42-64(55)76(66)69-73-68(49-26-8-3-9-27-49)74-70(75-69)77-65-43-25-21-39-57(65)59-44-58-56-38-19-23-41-61(56)72(63(58)46-67(59)77,52-32-14-6-15-33-52)53-34-16-7-17-35-53/h3-46H,2H2,1H3/b66-45+. The zero-order valence-electron chi connectivity index (χ0n) is 42.3. The van der Waals surface area contributed by atoms with Crippen molar-refractivity contribution in [3.63, 3.8) is 0 Å². The summed E-state index contributed by atoms with van der Waals surface area (Å²) in [5.74, 6) is 1.57. The van der Waals surface area contributed by atoms with Gasteiger partial charge in [-0.15, -0.1) is 0 Å². The normalized spacial score (nSPS) is 14.3. The van der Waals surface area contributed by atoms with Crippen LogP contribution in [-0.2, 0) is 10.8 Å². The van der Waals surface area contributed by atoms with Crippen LogP contribution in [0.1, 0.15) is 51.4 Å². The van der Waals surface area contributed by atoms with Gasteiger partial charge >= 0.3 is 0 Å². The highest BCUT2D eigenvalue weighted by molar-refractivity contribution is 6.12. The van der Waals surface area contributed by atoms with E-state index in [2.05, 4.69) is 265 Å². The molecule has 15 rings (SSSR count). The Kier molecular flexibility index (Phi) is 10.0. The summed E-state index contributed by atoms with van der Waals surface area (Å²) in [6.07, 6.45) is 2.37. The largest absolute Gasteiger partial charge is 0.278 e. The van der Waals surface area contributed by atoms with Gasteiger partial charge in [0.2, 0.25) is 11.9 Å². The van der Waals surface area contributed by atoms with Gasteiger partial charge in [-0.05, 0) is 104 Å². The molecule has 77 heavy (non-hydrogen) atoms. The number of nitrogens with zero attached hydrogens (tertiary/aromatic N) is 5. The smallest absolute Gasteiger partial charge is 0.240 e. The highest BCUT2D eigenvalue weighted by atomic mass is 15.3. The molecule has 0 unspecified atom stereocenters. The summed E-state index contributed by atoms with van der Waals surface area (Å²) in [7, 11) is 0. The van der Waals surface area contributed by atoms with Crippen molar-refractivity contribution in [2.45, 2.75) is 17.8 Å². The van der Waals surface area contributed by atoms with Crippen LogP contribution in [0.5, 0.6) is 0 Å². The third-order valence-electron chi connectivity index (χ3n) is 16.6. The average molecular weight is 984 g/mol. The molecule has 0 saturated heterocycles. The first kappa shape index (κ1) is 44.5. The van der Waals surface area contributed by atoms with Crippen LogP contribution in [0.15, 0.2) is 266 Å². The Labute approximate surface area is 446 Å². The summed E-state index contributed by atoms with van der Waals surface area (Å²) in [6.45, 7) is 7.17. The predicted molar refractivity (Wildman–Crippen MR) is 315 cm³/mol. The molecule has 0 radical (unpaired) electrons. The molecule has 5 heteroatoms. The fourth-order valence-electron chi connectivity index (χ4n) is 13.3. The Bertz CT molecular complexity index is 4550. The number of hydrogen-bond donors (Lipinski definition) is 0. The Balaban J connectivity index is 1.05. The average Bonchev–Trinajstić information content (AvgIpc) is 4.38. The predicted octanol–water partition coefficient (Wildman–Crippen LogP) is 15.0. The lowest BCUT2D eigenvalue weighted by molar-refractivity contribution is 0.767. The van der Waals surface area contributed by atoms with Crippen molar-refractivity contribution in [1.29, 1.82) is 0 Å². The molecular formula is C72H49N5. The molecular weight excluding hydrogens is 935 g/mol. The molecule has 0 N–H and O–H groups in total. The third kappa shape index (κ3) is 6.38. The van der Waals surface area contributed by atoms with Crippen molar-refractivity contribution >= 4 is 50.9 Å². The lowest BCUT2D eigenvalue weighted by atomic mass is 9.67. The number of rotatable bonds is 8. The molecule has 0 bridgehead atoms. The minimum Gasteiger partial charge on any atom is -0.278 e. The summed E-state index contributed by atoms with van der Waals surface area (Å²) in [6, 6.07) is 94.0. The number of para-hydroxylation sites is 2. The van der Waals surface area contributed by atoms with Gasteiger partial charge in [-0.3, -0.25) is 9.13 Å². The fraction of sp³-hybridized carbons (Fsp3) is 0.0417. The topological polar surface area (TPSA) is 48.5 Å². The van der Waals surface area contributed by atoms with Crippen LogP contribution in [0.4, 0.5) is 0 Å². The second-order valence-electron chi connectivity index (χ2n) is 20.3. The number of hydrogen-bond acceptors (Lipinski definition) is 3. The van der Waals surface area contributed by atoms with E-state index in [1.54, 1.807) is 0 Å². The SMILES string of the molecule is C=c1/c(=C\C2=C(C)c3ccccc3C2(c2ccccc2)c2ccccc2)n(-c2nc(-c3ccccc3)nc(-n3c4ccccc4c4cc5c(cc43)C(c3ccccc3)(c3ccccc3)c3ccccc3-5)n2)c2ccccc12. The highest BCUT2D eigenvalue weighted by Gasteiger charge is 2.48. The van der Waals surface area contributed by atoms with Crippen LogP contribution in [0.2, 0.25) is 0 Å². The fourth-order valence-corrected chi connectivity index (χ4v) is 13.3. The summed E-state index contributed by atoms with van der Waals surface area (Å²) >= 11 is 0. The summed E-state index contributed by atoms with van der Waals surface area (Å²) in [4.78, 5) is 16.7. The summed E-state index contributed by atoms with van der Waals surface area (Å²) in [5.41, 5.74) is 17.1. The zero-order chi connectivity index (χ0) is 51.2. The van der Waals surface area contributed by atoms with E-state index in [9.17, 15) is 0 Å². The van der Waals surface area contributed by atoms with E-state index in [-0.39, 0.29) is 0 Å². The number of allylic oxidation sites excluding steroid dienone is 2. The van der Waals surface area contributed by atoms with E-state index < -0.39 is 10.8 Å². The molecule has 0 spiro atoms. The van der Waals surface area contributed by atoms with Crippen molar-refractivity contribution < 1.29 is 0 Å². The molecule has 3 aromatic heterocycles. The van der Waals surface area contributed by atoms with Crippen molar-refractivity contribution in [3.8, 4) is 34.4 Å². The highest BCUT2D eigenvalue weighted by Crippen LogP contribution is 2.58. The van der Waals surface area contributed by atoms with Crippen molar-refractivity contribution in [1.82, 2.24) is 24.1 Å². The summed E-state index contributed by atoms with van der Waals surface area (Å²) in [5, 5.41) is 5.04. The minimum atomic E-state index is -0.645. The Morgan fingerprint density at radius 2 is 0.831 bits per heavy atom. The van der Waals surface area contributed by atoms with Gasteiger partial charge in [-0.25, -0.2) is 0 Å². The third-order valence-corrected chi connectivity index (χ3v) is 16.6. The second kappa shape index (κ2) is 17.3. The van der Waals surface area contributed by atoms with Crippen molar-refractivity contribution in [2.75, 3.05) is 0 Å². The maximum atomic E-state index is 5.71. The maximum absolute atomic E-state index is 5.71. The Hall–Kier alpha value is -9.97. The van der Waals surface area contributed by atoms with Gasteiger partial charge in [0.05, 0.1) is 32.7 Å². The van der Waals surface area contributed by atoms with Crippen molar-refractivity contribution in [2.24, 2.45) is 0 Å². The van der Waals surface area contributed by atoms with Gasteiger partial charge in [0.25, 0.3) is 0 Å². The minimum absolute atomic E-state index is 0.493. The van der Waals surface area contributed by atoms with Gasteiger partial charge in [0, 0.05) is 26.9 Å². The van der Waals surface area contributed by atoms with E-state index in [1.807, 2.05) is 18.2 Å². The molecule has 5 nitrogen and oxygen atoms in total. The molecule has 362 valence electrons. The van der Waals surface area contributed by atoms with Crippen LogP contribution >= 0.6 is 0 Å². The van der Waals surface area contributed by atoms with Gasteiger partial charge in [-0.2, -0.15) is 15.0 Å². The van der Waals surface area contributed by atoms with Gasteiger partial charge in [-0.1, -0.05) is 243 Å². The Morgan fingerprint density at radius 3 is 1.43 bits per heavy atom. The van der Waals surface area contributed by atoms with Crippen LogP contribution < -0.4 is 10.6 Å². The van der Waals surface area contributed by atoms with Gasteiger partial charge < -0.3 is 0 Å². The first-order valence-corrected chi connectivity index (χ1v) is 26.4. The van der Waals surface area contributed by atoms with Gasteiger partial charge in [0.15, 0.2) is 5.82 Å². The molecule has 10 aromatic carbocycles. The number of aromatic nitrogens is 5. The first-order chi connectivity index (χ1) is 38.0. The molecule has 0 saturated carbocycles. The zero-order valence-corrected chi connectivity index (χ0v) is 42.3. The van der Waals surface area contributed by atoms with Crippen LogP contribution in [0.3, 0.4) is 0 Å². The van der Waals surface area contributed by atoms with E-state index in [4.69, 9.17) is 21.5 Å². The molecule has 2 aliphatic rings. The molecule has 13 aromatic rings. The van der Waals surface area contributed by atoms with Crippen LogP contribution in [0.25, 0.3) is 85.3 Å². The molecule has 2 aliphatic carbocycles. The lowest BCUT2D eigenvalue weighted by Crippen LogP contribution is -2.34. The molecule has 0 aliphatic heterocycles. The molecule has 3 heterocycles. The van der Waals surface area contributed by atoms with E-state index in [1.165, 1.54) is 66.8 Å². The lowest BCUT2D eigenvalue weighted by Gasteiger charge is -2.35. The van der Waals surface area contributed by atoms with Crippen molar-refractivity contribution in [3.05, 3.63) is 322 Å². The molecule has 0 amide bonds. The van der Waals surface area contributed by atoms with Gasteiger partial charge in [0.1, 0.15) is 0 Å². The Morgan fingerprint density at radius 1 is 0.377 bits per heavy atom. The van der Waals surface area contributed by atoms with E-state index in [0.717, 1.165) is 48.8 Å². The van der Waals surface area contributed by atoms with Crippen LogP contribution in [0, 0.1) is 0 Å². The number of benzene rings is 10. The first-order valence-electron chi connectivity index (χ1n) is 26.4. The van der Waals surface area contributed by atoms with E-state index in [0.29, 0.717) is 17.7 Å². The summed E-state index contributed by atoms with van der Waals surface area (Å²) < 4.78 is 4.49. The quantitative estimate of drug-likeness (QED) is 0.152.